The number of aliphatic hydroxyl groups excluding tert-OH is 1. The van der Waals surface area contributed by atoms with Gasteiger partial charge in [0.2, 0.25) is 0 Å². The number of halogens is 2. The van der Waals surface area contributed by atoms with Gasteiger partial charge in [0, 0.05) is 22.0 Å². The van der Waals surface area contributed by atoms with Gasteiger partial charge < -0.3 is 10.8 Å². The second kappa shape index (κ2) is 6.05. The summed E-state index contributed by atoms with van der Waals surface area (Å²) >= 11 is 12.3. The standard InChI is InChI=1S/C13H19Cl2NO/c1-9(2)13(7-16,8-17)6-10-11(14)4-3-5-12(10)15/h3-5,9,17H,6-8,16H2,1-2H3. The Morgan fingerprint density at radius 2 is 1.82 bits per heavy atom. The lowest BCUT2D eigenvalue weighted by Gasteiger charge is -2.35. The number of hydrogen-bond donors (Lipinski definition) is 2. The number of rotatable bonds is 5. The van der Waals surface area contributed by atoms with Crippen molar-refractivity contribution in [3.05, 3.63) is 33.8 Å². The molecule has 4 heteroatoms. The van der Waals surface area contributed by atoms with Crippen LogP contribution in [0, 0.1) is 11.3 Å². The number of hydrogen-bond acceptors (Lipinski definition) is 2. The van der Waals surface area contributed by atoms with E-state index in [9.17, 15) is 5.11 Å². The van der Waals surface area contributed by atoms with E-state index in [0.29, 0.717) is 23.0 Å². The first-order chi connectivity index (χ1) is 7.96. The lowest BCUT2D eigenvalue weighted by molar-refractivity contribution is 0.0843. The van der Waals surface area contributed by atoms with E-state index in [2.05, 4.69) is 0 Å². The Balaban J connectivity index is 3.10. The quantitative estimate of drug-likeness (QED) is 0.868. The Hall–Kier alpha value is -0.280. The predicted octanol–water partition coefficient (Wildman–Crippen LogP) is 3.13. The molecule has 0 aliphatic carbocycles. The van der Waals surface area contributed by atoms with E-state index in [1.54, 1.807) is 0 Å². The first-order valence-corrected chi connectivity index (χ1v) is 6.46. The first-order valence-electron chi connectivity index (χ1n) is 5.70. The van der Waals surface area contributed by atoms with Crippen molar-refractivity contribution in [2.75, 3.05) is 13.2 Å². The lowest BCUT2D eigenvalue weighted by atomic mass is 9.73. The maximum atomic E-state index is 9.62. The predicted molar refractivity (Wildman–Crippen MR) is 73.6 cm³/mol. The minimum absolute atomic E-state index is 0.0305. The summed E-state index contributed by atoms with van der Waals surface area (Å²) in [5.74, 6) is 0.254. The van der Waals surface area contributed by atoms with Gasteiger partial charge in [0.05, 0.1) is 6.61 Å². The van der Waals surface area contributed by atoms with Gasteiger partial charge in [-0.05, 0) is 30.0 Å². The van der Waals surface area contributed by atoms with Crippen LogP contribution >= 0.6 is 23.2 Å². The molecular weight excluding hydrogens is 257 g/mol. The van der Waals surface area contributed by atoms with Crippen molar-refractivity contribution in [3.8, 4) is 0 Å². The highest BCUT2D eigenvalue weighted by Gasteiger charge is 2.33. The molecule has 0 radical (unpaired) electrons. The van der Waals surface area contributed by atoms with E-state index < -0.39 is 0 Å². The van der Waals surface area contributed by atoms with Crippen LogP contribution in [-0.4, -0.2) is 18.3 Å². The average molecular weight is 276 g/mol. The summed E-state index contributed by atoms with van der Waals surface area (Å²) in [4.78, 5) is 0. The Morgan fingerprint density at radius 3 is 2.18 bits per heavy atom. The summed E-state index contributed by atoms with van der Waals surface area (Å²) in [6.07, 6.45) is 0.593. The zero-order valence-electron chi connectivity index (χ0n) is 10.2. The largest absolute Gasteiger partial charge is 0.396 e. The highest BCUT2D eigenvalue weighted by atomic mass is 35.5. The maximum Gasteiger partial charge on any atom is 0.0505 e. The minimum Gasteiger partial charge on any atom is -0.396 e. The Bertz CT molecular complexity index is 355. The molecule has 0 spiro atoms. The summed E-state index contributed by atoms with van der Waals surface area (Å²) < 4.78 is 0. The van der Waals surface area contributed by atoms with Gasteiger partial charge in [-0.3, -0.25) is 0 Å². The van der Waals surface area contributed by atoms with E-state index in [1.807, 2.05) is 32.0 Å². The molecule has 0 aliphatic rings. The van der Waals surface area contributed by atoms with Gasteiger partial charge in [-0.15, -0.1) is 0 Å². The van der Waals surface area contributed by atoms with Gasteiger partial charge in [-0.25, -0.2) is 0 Å². The molecule has 0 aromatic heterocycles. The highest BCUT2D eigenvalue weighted by Crippen LogP contribution is 2.35. The molecule has 0 bridgehead atoms. The number of nitrogens with two attached hydrogens (primary N) is 1. The van der Waals surface area contributed by atoms with Crippen LogP contribution in [0.1, 0.15) is 19.4 Å². The van der Waals surface area contributed by atoms with E-state index >= 15 is 0 Å². The maximum absolute atomic E-state index is 9.62. The van der Waals surface area contributed by atoms with Gasteiger partial charge >= 0.3 is 0 Å². The van der Waals surface area contributed by atoms with E-state index in [1.165, 1.54) is 0 Å². The third-order valence-corrected chi connectivity index (χ3v) is 4.24. The van der Waals surface area contributed by atoms with Crippen LogP contribution in [-0.2, 0) is 6.42 Å². The molecular formula is C13H19Cl2NO. The lowest BCUT2D eigenvalue weighted by Crippen LogP contribution is -2.41. The van der Waals surface area contributed by atoms with Crippen LogP contribution in [0.5, 0.6) is 0 Å². The molecule has 3 N–H and O–H groups in total. The summed E-state index contributed by atoms with van der Waals surface area (Å²) in [5, 5.41) is 10.9. The topological polar surface area (TPSA) is 46.2 Å². The molecule has 17 heavy (non-hydrogen) atoms. The van der Waals surface area contributed by atoms with Gasteiger partial charge in [0.1, 0.15) is 0 Å². The second-order valence-electron chi connectivity index (χ2n) is 4.76. The second-order valence-corrected chi connectivity index (χ2v) is 5.57. The molecule has 0 amide bonds. The molecule has 1 aromatic rings. The fraction of sp³-hybridized carbons (Fsp3) is 0.538. The van der Waals surface area contributed by atoms with Crippen molar-refractivity contribution < 1.29 is 5.11 Å². The normalized spacial score (nSPS) is 15.0. The van der Waals surface area contributed by atoms with Crippen molar-refractivity contribution in [2.24, 2.45) is 17.1 Å². The summed E-state index contributed by atoms with van der Waals surface area (Å²) in [6, 6.07) is 5.43. The minimum atomic E-state index is -0.366. The molecule has 0 aliphatic heterocycles. The van der Waals surface area contributed by atoms with Crippen LogP contribution in [0.3, 0.4) is 0 Å². The molecule has 2 nitrogen and oxygen atoms in total. The van der Waals surface area contributed by atoms with Gasteiger partial charge in [0.15, 0.2) is 0 Å². The fourth-order valence-electron chi connectivity index (χ4n) is 1.87. The van der Waals surface area contributed by atoms with Crippen LogP contribution in [0.25, 0.3) is 0 Å². The molecule has 1 aromatic carbocycles. The number of aliphatic hydroxyl groups is 1. The molecule has 0 saturated carbocycles. The van der Waals surface area contributed by atoms with Crippen LogP contribution in [0.2, 0.25) is 10.0 Å². The average Bonchev–Trinajstić information content (AvgIpc) is 2.29. The zero-order chi connectivity index (χ0) is 13.1. The van der Waals surface area contributed by atoms with E-state index in [0.717, 1.165) is 5.56 Å². The Morgan fingerprint density at radius 1 is 1.29 bits per heavy atom. The van der Waals surface area contributed by atoms with Gasteiger partial charge in [-0.1, -0.05) is 43.1 Å². The SMILES string of the molecule is CC(C)C(CN)(CO)Cc1c(Cl)cccc1Cl. The number of benzene rings is 1. The van der Waals surface area contributed by atoms with E-state index in [4.69, 9.17) is 28.9 Å². The molecule has 0 fully saturated rings. The van der Waals surface area contributed by atoms with Gasteiger partial charge in [-0.2, -0.15) is 0 Å². The van der Waals surface area contributed by atoms with Crippen molar-refractivity contribution in [1.82, 2.24) is 0 Å². The third-order valence-electron chi connectivity index (χ3n) is 3.54. The summed E-state index contributed by atoms with van der Waals surface area (Å²) in [6.45, 7) is 4.53. The van der Waals surface area contributed by atoms with Crippen molar-refractivity contribution in [1.29, 1.82) is 0 Å². The van der Waals surface area contributed by atoms with Crippen molar-refractivity contribution in [2.45, 2.75) is 20.3 Å². The van der Waals surface area contributed by atoms with Crippen molar-refractivity contribution in [3.63, 3.8) is 0 Å². The third kappa shape index (κ3) is 3.14. The monoisotopic (exact) mass is 275 g/mol. The van der Waals surface area contributed by atoms with E-state index in [-0.39, 0.29) is 17.9 Å². The van der Waals surface area contributed by atoms with Crippen LogP contribution in [0.15, 0.2) is 18.2 Å². The van der Waals surface area contributed by atoms with Crippen LogP contribution < -0.4 is 5.73 Å². The van der Waals surface area contributed by atoms with Crippen LogP contribution in [0.4, 0.5) is 0 Å². The molecule has 1 rings (SSSR count). The Labute approximate surface area is 113 Å². The zero-order valence-corrected chi connectivity index (χ0v) is 11.7. The molecule has 96 valence electrons. The molecule has 1 atom stereocenters. The smallest absolute Gasteiger partial charge is 0.0505 e. The molecule has 1 unspecified atom stereocenters. The molecule has 0 saturated heterocycles. The summed E-state index contributed by atoms with van der Waals surface area (Å²) in [7, 11) is 0. The van der Waals surface area contributed by atoms with Gasteiger partial charge in [0.25, 0.3) is 0 Å². The first kappa shape index (κ1) is 14.8. The summed E-state index contributed by atoms with van der Waals surface area (Å²) in [5.41, 5.74) is 6.32. The Kier molecular flexibility index (Phi) is 5.26. The molecule has 0 heterocycles. The van der Waals surface area contributed by atoms with Crippen molar-refractivity contribution >= 4 is 23.2 Å². The highest BCUT2D eigenvalue weighted by molar-refractivity contribution is 6.36. The fourth-order valence-corrected chi connectivity index (χ4v) is 2.40.